The largest absolute Gasteiger partial charge is 0.465 e. The second-order valence-electron chi connectivity index (χ2n) is 4.86. The Morgan fingerprint density at radius 3 is 2.88 bits per heavy atom. The summed E-state index contributed by atoms with van der Waals surface area (Å²) in [6.45, 7) is 4.16. The van der Waals surface area contributed by atoms with Crippen LogP contribution in [-0.2, 0) is 14.3 Å². The number of likely N-dealkylation sites (tertiary alicyclic amines) is 1. The molecular weight excluding hydrogens is 218 g/mol. The van der Waals surface area contributed by atoms with Crippen LogP contribution in [0.25, 0.3) is 0 Å². The van der Waals surface area contributed by atoms with E-state index in [1.54, 1.807) is 13.0 Å². The summed E-state index contributed by atoms with van der Waals surface area (Å²) in [7, 11) is 1.91. The Bertz CT molecular complexity index is 364. The molecule has 0 bridgehead atoms. The molecule has 94 valence electrons. The van der Waals surface area contributed by atoms with Crippen LogP contribution in [0.15, 0.2) is 12.2 Å². The molecule has 2 rings (SSSR count). The molecule has 1 saturated heterocycles. The lowest BCUT2D eigenvalue weighted by Crippen LogP contribution is -2.41. The molecule has 0 radical (unpaired) electrons. The lowest BCUT2D eigenvalue weighted by molar-refractivity contribution is -0.149. The lowest BCUT2D eigenvalue weighted by Gasteiger charge is -2.26. The molecule has 1 fully saturated rings. The van der Waals surface area contributed by atoms with Gasteiger partial charge in [0.2, 0.25) is 0 Å². The Hall–Kier alpha value is -1.16. The number of fused-ring (bicyclic) bond motifs is 1. The predicted octanol–water partition coefficient (Wildman–Crippen LogP) is 1.01. The van der Waals surface area contributed by atoms with Crippen LogP contribution in [-0.4, -0.2) is 42.4 Å². The molecule has 4 heteroatoms. The monoisotopic (exact) mass is 237 g/mol. The third-order valence-electron chi connectivity index (χ3n) is 3.96. The fourth-order valence-electron chi connectivity index (χ4n) is 3.18. The van der Waals surface area contributed by atoms with Gasteiger partial charge in [-0.15, -0.1) is 0 Å². The first kappa shape index (κ1) is 12.3. The van der Waals surface area contributed by atoms with Crippen LogP contribution in [0, 0.1) is 11.8 Å². The lowest BCUT2D eigenvalue weighted by atomic mass is 9.81. The zero-order valence-corrected chi connectivity index (χ0v) is 10.6. The van der Waals surface area contributed by atoms with Crippen molar-refractivity contribution in [2.24, 2.45) is 11.8 Å². The summed E-state index contributed by atoms with van der Waals surface area (Å²) in [5.74, 6) is -0.0852. The number of rotatable bonds is 2. The average Bonchev–Trinajstić information content (AvgIpc) is 2.53. The zero-order valence-electron chi connectivity index (χ0n) is 10.6. The predicted molar refractivity (Wildman–Crippen MR) is 63.4 cm³/mol. The fraction of sp³-hybridized carbons (Fsp3) is 0.692. The number of esters is 1. The molecule has 0 amide bonds. The van der Waals surface area contributed by atoms with Gasteiger partial charge in [-0.3, -0.25) is 14.5 Å². The van der Waals surface area contributed by atoms with Crippen LogP contribution in [0.1, 0.15) is 20.3 Å². The second kappa shape index (κ2) is 4.61. The quantitative estimate of drug-likeness (QED) is 0.673. The number of allylic oxidation sites excluding steroid dienone is 1. The van der Waals surface area contributed by atoms with Crippen molar-refractivity contribution < 1.29 is 14.3 Å². The molecule has 0 aromatic rings. The van der Waals surface area contributed by atoms with E-state index in [0.717, 1.165) is 6.42 Å². The summed E-state index contributed by atoms with van der Waals surface area (Å²) in [4.78, 5) is 25.8. The maximum atomic E-state index is 11.9. The van der Waals surface area contributed by atoms with Gasteiger partial charge in [-0.25, -0.2) is 0 Å². The van der Waals surface area contributed by atoms with Crippen molar-refractivity contribution >= 4 is 11.8 Å². The maximum absolute atomic E-state index is 11.9. The molecule has 4 nitrogen and oxygen atoms in total. The Morgan fingerprint density at radius 1 is 1.59 bits per heavy atom. The van der Waals surface area contributed by atoms with E-state index >= 15 is 0 Å². The smallest absolute Gasteiger partial charge is 0.323 e. The highest BCUT2D eigenvalue weighted by Gasteiger charge is 2.51. The molecule has 4 atom stereocenters. The normalized spacial score (nSPS) is 37.0. The van der Waals surface area contributed by atoms with Gasteiger partial charge >= 0.3 is 5.97 Å². The van der Waals surface area contributed by atoms with Gasteiger partial charge in [0.1, 0.15) is 6.04 Å². The summed E-state index contributed by atoms with van der Waals surface area (Å²) in [6, 6.07) is -0.134. The number of carbonyl (C=O) groups is 2. The molecule has 0 aromatic heterocycles. The number of ether oxygens (including phenoxy) is 1. The average molecular weight is 237 g/mol. The summed E-state index contributed by atoms with van der Waals surface area (Å²) in [5, 5.41) is 0. The van der Waals surface area contributed by atoms with Gasteiger partial charge in [-0.2, -0.15) is 0 Å². The van der Waals surface area contributed by atoms with Gasteiger partial charge in [0.15, 0.2) is 5.78 Å². The number of hydrogen-bond acceptors (Lipinski definition) is 4. The molecule has 0 aromatic carbocycles. The van der Waals surface area contributed by atoms with Crippen LogP contribution < -0.4 is 0 Å². The van der Waals surface area contributed by atoms with E-state index in [9.17, 15) is 9.59 Å². The van der Waals surface area contributed by atoms with Crippen molar-refractivity contribution in [1.29, 1.82) is 0 Å². The SMILES string of the molecule is CCOC(=O)[C@@H]1[C@@H](C)[C@H]2C(=O)C=CC[C@H]2N1C. The van der Waals surface area contributed by atoms with Gasteiger partial charge < -0.3 is 4.74 Å². The summed E-state index contributed by atoms with van der Waals surface area (Å²) in [5.41, 5.74) is 0. The van der Waals surface area contributed by atoms with E-state index < -0.39 is 0 Å². The van der Waals surface area contributed by atoms with Crippen LogP contribution in [0.3, 0.4) is 0 Å². The van der Waals surface area contributed by atoms with E-state index in [2.05, 4.69) is 0 Å². The van der Waals surface area contributed by atoms with Crippen molar-refractivity contribution in [3.8, 4) is 0 Å². The van der Waals surface area contributed by atoms with E-state index in [1.165, 1.54) is 0 Å². The molecule has 0 saturated carbocycles. The summed E-state index contributed by atoms with van der Waals surface area (Å²) < 4.78 is 5.10. The van der Waals surface area contributed by atoms with Crippen LogP contribution in [0.5, 0.6) is 0 Å². The Labute approximate surface area is 102 Å². The molecule has 0 unspecified atom stereocenters. The molecule has 1 aliphatic carbocycles. The van der Waals surface area contributed by atoms with Crippen molar-refractivity contribution in [1.82, 2.24) is 4.90 Å². The molecule has 0 spiro atoms. The maximum Gasteiger partial charge on any atom is 0.323 e. The van der Waals surface area contributed by atoms with E-state index in [0.29, 0.717) is 6.61 Å². The first-order valence-electron chi connectivity index (χ1n) is 6.16. The summed E-state index contributed by atoms with van der Waals surface area (Å²) >= 11 is 0. The van der Waals surface area contributed by atoms with Gasteiger partial charge in [0, 0.05) is 12.0 Å². The zero-order chi connectivity index (χ0) is 12.6. The van der Waals surface area contributed by atoms with Crippen molar-refractivity contribution in [3.05, 3.63) is 12.2 Å². The van der Waals surface area contributed by atoms with E-state index in [1.807, 2.05) is 24.9 Å². The van der Waals surface area contributed by atoms with Crippen molar-refractivity contribution in [2.45, 2.75) is 32.4 Å². The molecule has 1 aliphatic heterocycles. The molecule has 2 aliphatic rings. The highest BCUT2D eigenvalue weighted by atomic mass is 16.5. The van der Waals surface area contributed by atoms with Gasteiger partial charge in [0.25, 0.3) is 0 Å². The number of carbonyl (C=O) groups excluding carboxylic acids is 2. The first-order valence-corrected chi connectivity index (χ1v) is 6.16. The molecular formula is C13H19NO3. The Morgan fingerprint density at radius 2 is 2.29 bits per heavy atom. The van der Waals surface area contributed by atoms with E-state index in [4.69, 9.17) is 4.74 Å². The summed E-state index contributed by atoms with van der Waals surface area (Å²) in [6.07, 6.45) is 4.40. The van der Waals surface area contributed by atoms with Gasteiger partial charge in [0.05, 0.1) is 6.61 Å². The number of likely N-dealkylation sites (N-methyl/N-ethyl adjacent to an activating group) is 1. The van der Waals surface area contributed by atoms with Crippen LogP contribution in [0.2, 0.25) is 0 Å². The Balaban J connectivity index is 2.22. The minimum absolute atomic E-state index is 0.0292. The van der Waals surface area contributed by atoms with Crippen molar-refractivity contribution in [3.63, 3.8) is 0 Å². The minimum atomic E-state index is -0.284. The third kappa shape index (κ3) is 1.90. The highest BCUT2D eigenvalue weighted by molar-refractivity contribution is 5.94. The van der Waals surface area contributed by atoms with E-state index in [-0.39, 0.29) is 35.7 Å². The van der Waals surface area contributed by atoms with Crippen molar-refractivity contribution in [2.75, 3.05) is 13.7 Å². The first-order chi connectivity index (χ1) is 8.07. The van der Waals surface area contributed by atoms with Gasteiger partial charge in [-0.1, -0.05) is 13.0 Å². The number of hydrogen-bond donors (Lipinski definition) is 0. The Kier molecular flexibility index (Phi) is 3.33. The third-order valence-corrected chi connectivity index (χ3v) is 3.96. The molecule has 1 heterocycles. The number of nitrogens with zero attached hydrogens (tertiary/aromatic N) is 1. The van der Waals surface area contributed by atoms with Crippen LogP contribution >= 0.6 is 0 Å². The second-order valence-corrected chi connectivity index (χ2v) is 4.86. The standard InChI is InChI=1S/C13H19NO3/c1-4-17-13(16)12-8(2)11-9(14(12)3)6-5-7-10(11)15/h5,7-9,11-12H,4,6H2,1-3H3/t8-,9+,11+,12-/m0/s1. The minimum Gasteiger partial charge on any atom is -0.465 e. The number of ketones is 1. The topological polar surface area (TPSA) is 46.6 Å². The fourth-order valence-corrected chi connectivity index (χ4v) is 3.18. The highest BCUT2D eigenvalue weighted by Crippen LogP contribution is 2.39. The van der Waals surface area contributed by atoms with Crippen LogP contribution in [0.4, 0.5) is 0 Å². The molecule has 0 N–H and O–H groups in total. The molecule has 17 heavy (non-hydrogen) atoms. The van der Waals surface area contributed by atoms with Gasteiger partial charge in [-0.05, 0) is 32.4 Å².